The van der Waals surface area contributed by atoms with Crippen LogP contribution in [-0.4, -0.2) is 15.9 Å². The molecular weight excluding hydrogens is 333 g/mol. The highest BCUT2D eigenvalue weighted by molar-refractivity contribution is 6.03. The SMILES string of the molecule is O=C(Nc1ccc(F)c(F)c1F)c1ccnc(Nc2ccccc2)n1. The van der Waals surface area contributed by atoms with Crippen LogP contribution in [0.2, 0.25) is 0 Å². The van der Waals surface area contributed by atoms with E-state index in [-0.39, 0.29) is 11.6 Å². The van der Waals surface area contributed by atoms with E-state index in [1.54, 1.807) is 12.1 Å². The molecule has 0 aliphatic carbocycles. The van der Waals surface area contributed by atoms with E-state index in [1.165, 1.54) is 12.3 Å². The molecule has 0 spiro atoms. The Morgan fingerprint density at radius 1 is 0.920 bits per heavy atom. The van der Waals surface area contributed by atoms with Gasteiger partial charge in [0.1, 0.15) is 5.69 Å². The molecule has 2 N–H and O–H groups in total. The lowest BCUT2D eigenvalue weighted by Gasteiger charge is -2.08. The van der Waals surface area contributed by atoms with Crippen molar-refractivity contribution in [2.75, 3.05) is 10.6 Å². The van der Waals surface area contributed by atoms with Crippen molar-refractivity contribution < 1.29 is 18.0 Å². The molecule has 25 heavy (non-hydrogen) atoms. The second-order valence-electron chi connectivity index (χ2n) is 4.93. The molecule has 0 aliphatic heterocycles. The molecule has 1 heterocycles. The maximum Gasteiger partial charge on any atom is 0.274 e. The van der Waals surface area contributed by atoms with Crippen LogP contribution in [0.5, 0.6) is 0 Å². The van der Waals surface area contributed by atoms with Crippen molar-refractivity contribution in [3.05, 3.63) is 77.9 Å². The summed E-state index contributed by atoms with van der Waals surface area (Å²) in [6.07, 6.45) is 1.34. The number of nitrogens with zero attached hydrogens (tertiary/aromatic N) is 2. The van der Waals surface area contributed by atoms with Gasteiger partial charge in [0.05, 0.1) is 5.69 Å². The fraction of sp³-hybridized carbons (Fsp3) is 0. The quantitative estimate of drug-likeness (QED) is 0.705. The zero-order valence-corrected chi connectivity index (χ0v) is 12.6. The van der Waals surface area contributed by atoms with Crippen molar-refractivity contribution in [2.24, 2.45) is 0 Å². The standard InChI is InChI=1S/C17H11F3N4O/c18-11-6-7-12(15(20)14(11)19)23-16(25)13-8-9-21-17(24-13)22-10-4-2-1-3-5-10/h1-9H,(H,23,25)(H,21,22,24). The van der Waals surface area contributed by atoms with E-state index >= 15 is 0 Å². The maximum absolute atomic E-state index is 13.6. The third-order valence-corrected chi connectivity index (χ3v) is 3.20. The molecule has 3 rings (SSSR count). The van der Waals surface area contributed by atoms with Gasteiger partial charge in [-0.15, -0.1) is 0 Å². The summed E-state index contributed by atoms with van der Waals surface area (Å²) in [5.41, 5.74) is 0.157. The number of carbonyl (C=O) groups is 1. The molecule has 126 valence electrons. The van der Waals surface area contributed by atoms with Crippen LogP contribution in [0.1, 0.15) is 10.5 Å². The Morgan fingerprint density at radius 3 is 2.44 bits per heavy atom. The lowest BCUT2D eigenvalue weighted by molar-refractivity contribution is 0.102. The van der Waals surface area contributed by atoms with Crippen LogP contribution in [0.4, 0.5) is 30.5 Å². The van der Waals surface area contributed by atoms with E-state index in [2.05, 4.69) is 20.6 Å². The summed E-state index contributed by atoms with van der Waals surface area (Å²) in [5.74, 6) is -5.11. The number of carbonyl (C=O) groups excluding carboxylic acids is 1. The number of amides is 1. The Hall–Kier alpha value is -3.42. The van der Waals surface area contributed by atoms with E-state index < -0.39 is 29.0 Å². The van der Waals surface area contributed by atoms with Crippen LogP contribution >= 0.6 is 0 Å². The Balaban J connectivity index is 1.79. The monoisotopic (exact) mass is 344 g/mol. The van der Waals surface area contributed by atoms with Crippen LogP contribution in [0.3, 0.4) is 0 Å². The second-order valence-corrected chi connectivity index (χ2v) is 4.93. The lowest BCUT2D eigenvalue weighted by Crippen LogP contribution is -2.16. The molecule has 0 bridgehead atoms. The minimum absolute atomic E-state index is 0.0717. The minimum Gasteiger partial charge on any atom is -0.324 e. The number of hydrogen-bond donors (Lipinski definition) is 2. The van der Waals surface area contributed by atoms with Gasteiger partial charge < -0.3 is 10.6 Å². The van der Waals surface area contributed by atoms with Crippen molar-refractivity contribution in [3.63, 3.8) is 0 Å². The van der Waals surface area contributed by atoms with E-state index in [1.807, 2.05) is 18.2 Å². The minimum atomic E-state index is -1.66. The van der Waals surface area contributed by atoms with Crippen molar-refractivity contribution in [1.82, 2.24) is 9.97 Å². The smallest absolute Gasteiger partial charge is 0.274 e. The van der Waals surface area contributed by atoms with Gasteiger partial charge in [0.15, 0.2) is 17.5 Å². The van der Waals surface area contributed by atoms with Crippen LogP contribution in [0.25, 0.3) is 0 Å². The van der Waals surface area contributed by atoms with E-state index in [9.17, 15) is 18.0 Å². The lowest BCUT2D eigenvalue weighted by atomic mass is 10.2. The van der Waals surface area contributed by atoms with Gasteiger partial charge in [-0.2, -0.15) is 0 Å². The molecule has 1 aromatic heterocycles. The number of rotatable bonds is 4. The molecule has 0 radical (unpaired) electrons. The summed E-state index contributed by atoms with van der Waals surface area (Å²) in [6.45, 7) is 0. The highest BCUT2D eigenvalue weighted by atomic mass is 19.2. The Morgan fingerprint density at radius 2 is 1.68 bits per heavy atom. The number of anilines is 3. The molecule has 0 unspecified atom stereocenters. The zero-order valence-electron chi connectivity index (χ0n) is 12.6. The first-order valence-corrected chi connectivity index (χ1v) is 7.14. The number of halogens is 3. The largest absolute Gasteiger partial charge is 0.324 e. The number of benzene rings is 2. The maximum atomic E-state index is 13.6. The van der Waals surface area contributed by atoms with Crippen molar-refractivity contribution in [3.8, 4) is 0 Å². The summed E-state index contributed by atoms with van der Waals surface area (Å²) >= 11 is 0. The highest BCUT2D eigenvalue weighted by Crippen LogP contribution is 2.20. The Kier molecular flexibility index (Phi) is 4.60. The summed E-state index contributed by atoms with van der Waals surface area (Å²) in [7, 11) is 0. The zero-order chi connectivity index (χ0) is 17.8. The molecule has 0 fully saturated rings. The van der Waals surface area contributed by atoms with Gasteiger partial charge in [0, 0.05) is 11.9 Å². The van der Waals surface area contributed by atoms with Gasteiger partial charge in [0.2, 0.25) is 5.95 Å². The topological polar surface area (TPSA) is 66.9 Å². The summed E-state index contributed by atoms with van der Waals surface area (Å²) in [5, 5.41) is 5.05. The third-order valence-electron chi connectivity index (χ3n) is 3.20. The van der Waals surface area contributed by atoms with Crippen molar-refractivity contribution >= 4 is 23.2 Å². The summed E-state index contributed by atoms with van der Waals surface area (Å²) in [4.78, 5) is 20.1. The van der Waals surface area contributed by atoms with Crippen molar-refractivity contribution in [2.45, 2.75) is 0 Å². The number of aromatic nitrogens is 2. The van der Waals surface area contributed by atoms with Crippen LogP contribution in [0, 0.1) is 17.5 Å². The first kappa shape index (κ1) is 16.4. The molecule has 2 aromatic carbocycles. The molecule has 0 aliphatic rings. The molecule has 0 saturated carbocycles. The molecule has 3 aromatic rings. The predicted octanol–water partition coefficient (Wildman–Crippen LogP) is 3.89. The van der Waals surface area contributed by atoms with Gasteiger partial charge in [-0.1, -0.05) is 18.2 Å². The molecule has 0 saturated heterocycles. The van der Waals surface area contributed by atoms with Crippen molar-refractivity contribution in [1.29, 1.82) is 0 Å². The van der Waals surface area contributed by atoms with Gasteiger partial charge in [-0.3, -0.25) is 4.79 Å². The van der Waals surface area contributed by atoms with Gasteiger partial charge in [-0.25, -0.2) is 23.1 Å². The second kappa shape index (κ2) is 7.00. The summed E-state index contributed by atoms with van der Waals surface area (Å²) < 4.78 is 39.8. The summed E-state index contributed by atoms with van der Waals surface area (Å²) in [6, 6.07) is 12.0. The molecule has 5 nitrogen and oxygen atoms in total. The van der Waals surface area contributed by atoms with Gasteiger partial charge in [-0.05, 0) is 30.3 Å². The average molecular weight is 344 g/mol. The number of hydrogen-bond acceptors (Lipinski definition) is 4. The predicted molar refractivity (Wildman–Crippen MR) is 86.0 cm³/mol. The van der Waals surface area contributed by atoms with E-state index in [4.69, 9.17) is 0 Å². The average Bonchev–Trinajstić information content (AvgIpc) is 2.63. The highest BCUT2D eigenvalue weighted by Gasteiger charge is 2.17. The fourth-order valence-electron chi connectivity index (χ4n) is 2.00. The first-order valence-electron chi connectivity index (χ1n) is 7.14. The van der Waals surface area contributed by atoms with Gasteiger partial charge in [0.25, 0.3) is 5.91 Å². The first-order chi connectivity index (χ1) is 12.0. The third kappa shape index (κ3) is 3.74. The normalized spacial score (nSPS) is 10.4. The molecule has 1 amide bonds. The molecular formula is C17H11F3N4O. The Bertz CT molecular complexity index is 919. The fourth-order valence-corrected chi connectivity index (χ4v) is 2.00. The van der Waals surface area contributed by atoms with Crippen LogP contribution in [0.15, 0.2) is 54.7 Å². The Labute approximate surface area is 140 Å². The van der Waals surface area contributed by atoms with Crippen LogP contribution < -0.4 is 10.6 Å². The number of para-hydroxylation sites is 1. The van der Waals surface area contributed by atoms with Gasteiger partial charge >= 0.3 is 0 Å². The molecule has 8 heteroatoms. The molecule has 0 atom stereocenters. The van der Waals surface area contributed by atoms with E-state index in [0.29, 0.717) is 5.69 Å². The van der Waals surface area contributed by atoms with Crippen LogP contribution in [-0.2, 0) is 0 Å². The number of nitrogens with one attached hydrogen (secondary N) is 2. The van der Waals surface area contributed by atoms with E-state index in [0.717, 1.165) is 12.1 Å².